The van der Waals surface area contributed by atoms with Crippen LogP contribution in [-0.2, 0) is 11.3 Å². The van der Waals surface area contributed by atoms with Crippen LogP contribution in [0.1, 0.15) is 24.3 Å². The number of hydrogen-bond donors (Lipinski definition) is 0. The first-order valence-electron chi connectivity index (χ1n) is 7.26. The van der Waals surface area contributed by atoms with Gasteiger partial charge in [0.1, 0.15) is 5.75 Å². The molecule has 0 radical (unpaired) electrons. The summed E-state index contributed by atoms with van der Waals surface area (Å²) in [5, 5.41) is 0. The maximum Gasteiger partial charge on any atom is 0.263 e. The zero-order chi connectivity index (χ0) is 16.1. The molecule has 0 saturated heterocycles. The van der Waals surface area contributed by atoms with Crippen molar-refractivity contribution >= 4 is 28.8 Å². The second-order valence-electron chi connectivity index (χ2n) is 5.13. The van der Waals surface area contributed by atoms with E-state index in [0.29, 0.717) is 13.1 Å². The van der Waals surface area contributed by atoms with Crippen molar-refractivity contribution in [3.63, 3.8) is 0 Å². The van der Waals surface area contributed by atoms with Crippen molar-refractivity contribution in [1.29, 1.82) is 0 Å². The van der Waals surface area contributed by atoms with Crippen LogP contribution in [-0.4, -0.2) is 23.5 Å². The summed E-state index contributed by atoms with van der Waals surface area (Å²) in [6, 6.07) is 11.5. The lowest BCUT2D eigenvalue weighted by Crippen LogP contribution is -2.39. The number of thiophene rings is 1. The van der Waals surface area contributed by atoms with E-state index in [-0.39, 0.29) is 5.91 Å². The Bertz CT molecular complexity index is 641. The highest BCUT2D eigenvalue weighted by Crippen LogP contribution is 2.23. The molecule has 0 bridgehead atoms. The SMILES string of the molecule is CCN(Cc1ccc(Cl)s1)C(=O)C(C)Oc1cccc(C)c1. The molecule has 1 aromatic carbocycles. The summed E-state index contributed by atoms with van der Waals surface area (Å²) >= 11 is 7.44. The van der Waals surface area contributed by atoms with Gasteiger partial charge in [-0.15, -0.1) is 11.3 Å². The number of rotatable bonds is 6. The molecule has 1 atom stereocenters. The molecule has 1 amide bonds. The molecule has 1 aromatic heterocycles. The van der Waals surface area contributed by atoms with Crippen LogP contribution in [0.3, 0.4) is 0 Å². The Morgan fingerprint density at radius 3 is 2.73 bits per heavy atom. The van der Waals surface area contributed by atoms with E-state index in [1.165, 1.54) is 11.3 Å². The third-order valence-corrected chi connectivity index (χ3v) is 4.54. The third-order valence-electron chi connectivity index (χ3n) is 3.32. The fourth-order valence-corrected chi connectivity index (χ4v) is 3.27. The first kappa shape index (κ1) is 16.8. The Labute approximate surface area is 140 Å². The molecule has 1 unspecified atom stereocenters. The van der Waals surface area contributed by atoms with E-state index in [1.54, 1.807) is 11.8 Å². The van der Waals surface area contributed by atoms with Crippen LogP contribution in [0.15, 0.2) is 36.4 Å². The first-order valence-corrected chi connectivity index (χ1v) is 8.45. The predicted octanol–water partition coefficient (Wildman–Crippen LogP) is 4.53. The molecule has 0 aliphatic rings. The molecule has 118 valence electrons. The van der Waals surface area contributed by atoms with E-state index in [0.717, 1.165) is 20.5 Å². The van der Waals surface area contributed by atoms with Crippen molar-refractivity contribution < 1.29 is 9.53 Å². The number of carbonyl (C=O) groups excluding carboxylic acids is 1. The quantitative estimate of drug-likeness (QED) is 0.775. The van der Waals surface area contributed by atoms with Crippen molar-refractivity contribution in [2.75, 3.05) is 6.54 Å². The van der Waals surface area contributed by atoms with Gasteiger partial charge in [-0.1, -0.05) is 23.7 Å². The minimum Gasteiger partial charge on any atom is -0.481 e. The van der Waals surface area contributed by atoms with Crippen LogP contribution in [0.5, 0.6) is 5.75 Å². The van der Waals surface area contributed by atoms with E-state index < -0.39 is 6.10 Å². The minimum atomic E-state index is -0.516. The van der Waals surface area contributed by atoms with Crippen LogP contribution in [0.4, 0.5) is 0 Å². The first-order chi connectivity index (χ1) is 10.5. The van der Waals surface area contributed by atoms with Crippen molar-refractivity contribution in [1.82, 2.24) is 4.90 Å². The van der Waals surface area contributed by atoms with Crippen molar-refractivity contribution in [3.05, 3.63) is 51.2 Å². The zero-order valence-electron chi connectivity index (χ0n) is 13.0. The average molecular weight is 338 g/mol. The van der Waals surface area contributed by atoms with Gasteiger partial charge in [0.05, 0.1) is 10.9 Å². The molecule has 5 heteroatoms. The summed E-state index contributed by atoms with van der Waals surface area (Å²) < 4.78 is 6.51. The second kappa shape index (κ2) is 7.65. The Hall–Kier alpha value is -1.52. The molecule has 3 nitrogen and oxygen atoms in total. The summed E-state index contributed by atoms with van der Waals surface area (Å²) in [6.07, 6.45) is -0.516. The van der Waals surface area contributed by atoms with Gasteiger partial charge in [-0.3, -0.25) is 4.79 Å². The number of amides is 1. The maximum atomic E-state index is 12.5. The lowest BCUT2D eigenvalue weighted by Gasteiger charge is -2.24. The molecule has 2 rings (SSSR count). The van der Waals surface area contributed by atoms with Gasteiger partial charge in [-0.2, -0.15) is 0 Å². The molecule has 22 heavy (non-hydrogen) atoms. The number of nitrogens with zero attached hydrogens (tertiary/aromatic N) is 1. The highest BCUT2D eigenvalue weighted by atomic mass is 35.5. The topological polar surface area (TPSA) is 29.5 Å². The van der Waals surface area contributed by atoms with Gasteiger partial charge in [-0.25, -0.2) is 0 Å². The monoisotopic (exact) mass is 337 g/mol. The Morgan fingerprint density at radius 1 is 1.36 bits per heavy atom. The Kier molecular flexibility index (Phi) is 5.86. The van der Waals surface area contributed by atoms with Crippen LogP contribution in [0.2, 0.25) is 4.34 Å². The average Bonchev–Trinajstić information content (AvgIpc) is 2.89. The number of likely N-dealkylation sites (N-methyl/N-ethyl adjacent to an activating group) is 1. The molecule has 0 aliphatic heterocycles. The number of benzene rings is 1. The zero-order valence-corrected chi connectivity index (χ0v) is 14.6. The molecule has 0 spiro atoms. The molecular formula is C17H20ClNO2S. The fraction of sp³-hybridized carbons (Fsp3) is 0.353. The number of ether oxygens (including phenoxy) is 1. The van der Waals surface area contributed by atoms with Crippen molar-refractivity contribution in [2.45, 2.75) is 33.4 Å². The summed E-state index contributed by atoms with van der Waals surface area (Å²) in [6.45, 7) is 6.95. The second-order valence-corrected chi connectivity index (χ2v) is 6.93. The molecule has 1 heterocycles. The van der Waals surface area contributed by atoms with Crippen LogP contribution in [0, 0.1) is 6.92 Å². The molecule has 2 aromatic rings. The molecule has 0 fully saturated rings. The summed E-state index contributed by atoms with van der Waals surface area (Å²) in [5.74, 6) is 0.699. The lowest BCUT2D eigenvalue weighted by molar-refractivity contribution is -0.138. The summed E-state index contributed by atoms with van der Waals surface area (Å²) in [5.41, 5.74) is 1.11. The van der Waals surface area contributed by atoms with Gasteiger partial charge in [0.15, 0.2) is 6.10 Å². The highest BCUT2D eigenvalue weighted by molar-refractivity contribution is 7.16. The number of carbonyl (C=O) groups is 1. The van der Waals surface area contributed by atoms with Crippen molar-refractivity contribution in [3.8, 4) is 5.75 Å². The van der Waals surface area contributed by atoms with E-state index >= 15 is 0 Å². The van der Waals surface area contributed by atoms with E-state index in [1.807, 2.05) is 50.2 Å². The van der Waals surface area contributed by atoms with E-state index in [4.69, 9.17) is 16.3 Å². The molecular weight excluding hydrogens is 318 g/mol. The number of hydrogen-bond acceptors (Lipinski definition) is 3. The normalized spacial score (nSPS) is 12.0. The fourth-order valence-electron chi connectivity index (χ4n) is 2.17. The molecule has 0 N–H and O–H groups in total. The Balaban J connectivity index is 2.00. The van der Waals surface area contributed by atoms with Gasteiger partial charge < -0.3 is 9.64 Å². The number of aryl methyl sites for hydroxylation is 1. The smallest absolute Gasteiger partial charge is 0.263 e. The van der Waals surface area contributed by atoms with Gasteiger partial charge in [0.25, 0.3) is 5.91 Å². The van der Waals surface area contributed by atoms with Crippen LogP contribution >= 0.6 is 22.9 Å². The summed E-state index contributed by atoms with van der Waals surface area (Å²) in [4.78, 5) is 15.4. The summed E-state index contributed by atoms with van der Waals surface area (Å²) in [7, 11) is 0. The molecule has 0 aliphatic carbocycles. The predicted molar refractivity (Wildman–Crippen MR) is 91.7 cm³/mol. The van der Waals surface area contributed by atoms with Crippen LogP contribution in [0.25, 0.3) is 0 Å². The van der Waals surface area contributed by atoms with Crippen LogP contribution < -0.4 is 4.74 Å². The van der Waals surface area contributed by atoms with Gasteiger partial charge in [-0.05, 0) is 50.6 Å². The van der Waals surface area contributed by atoms with E-state index in [2.05, 4.69) is 0 Å². The van der Waals surface area contributed by atoms with E-state index in [9.17, 15) is 4.79 Å². The standard InChI is InChI=1S/C17H20ClNO2S/c1-4-19(11-15-8-9-16(18)22-15)17(20)13(3)21-14-7-5-6-12(2)10-14/h5-10,13H,4,11H2,1-3H3. The van der Waals surface area contributed by atoms with Gasteiger partial charge in [0.2, 0.25) is 0 Å². The largest absolute Gasteiger partial charge is 0.481 e. The Morgan fingerprint density at radius 2 is 2.14 bits per heavy atom. The van der Waals surface area contributed by atoms with Gasteiger partial charge in [0, 0.05) is 11.4 Å². The molecule has 0 saturated carbocycles. The lowest BCUT2D eigenvalue weighted by atomic mass is 10.2. The minimum absolute atomic E-state index is 0.0199. The maximum absolute atomic E-state index is 12.5. The van der Waals surface area contributed by atoms with Gasteiger partial charge >= 0.3 is 0 Å². The number of halogens is 1. The highest BCUT2D eigenvalue weighted by Gasteiger charge is 2.21. The third kappa shape index (κ3) is 4.49. The van der Waals surface area contributed by atoms with Crippen molar-refractivity contribution in [2.24, 2.45) is 0 Å².